The number of hydrogen-bond donors (Lipinski definition) is 0. The number of piperazine rings is 1. The summed E-state index contributed by atoms with van der Waals surface area (Å²) in [4.78, 5) is 33.7. The summed E-state index contributed by atoms with van der Waals surface area (Å²) in [6, 6.07) is 7.03. The first-order valence-electron chi connectivity index (χ1n) is 12.6. The van der Waals surface area contributed by atoms with Gasteiger partial charge in [0.05, 0.1) is 32.4 Å². The normalized spacial score (nSPS) is 16.9. The number of para-hydroxylation sites is 1. The summed E-state index contributed by atoms with van der Waals surface area (Å²) in [6.07, 6.45) is -2.84. The molecule has 2 aliphatic rings. The zero-order valence-electron chi connectivity index (χ0n) is 21.8. The summed E-state index contributed by atoms with van der Waals surface area (Å²) in [5, 5.41) is 0. The van der Waals surface area contributed by atoms with Gasteiger partial charge < -0.3 is 24.2 Å². The number of carbonyl (C=O) groups is 1. The molecule has 3 aromatic rings. The van der Waals surface area contributed by atoms with Gasteiger partial charge in [0.25, 0.3) is 6.43 Å². The van der Waals surface area contributed by atoms with Crippen LogP contribution in [0.15, 0.2) is 24.3 Å². The highest BCUT2D eigenvalue weighted by atomic mass is 19.3. The Labute approximate surface area is 219 Å². The zero-order chi connectivity index (χ0) is 26.8. The molecule has 1 amide bonds. The van der Waals surface area contributed by atoms with Crippen LogP contribution in [-0.4, -0.2) is 115 Å². The molecule has 38 heavy (non-hydrogen) atoms. The van der Waals surface area contributed by atoms with Crippen LogP contribution in [0.1, 0.15) is 12.2 Å². The topological polar surface area (TPSA) is 92.1 Å². The summed E-state index contributed by atoms with van der Waals surface area (Å²) in [7, 11) is 4.98. The number of halogens is 2. The van der Waals surface area contributed by atoms with Crippen molar-refractivity contribution >= 4 is 28.6 Å². The number of aromatic nitrogens is 4. The number of nitrogens with zero attached hydrogens (tertiary/aromatic N) is 8. The molecule has 1 aromatic carbocycles. The molecule has 0 atom stereocenters. The SMILES string of the molecule is COc1cccc2c1nc(C(F)F)n2-c1nc(N2CCOCC2)cc(N2CCN(CC(=O)N(C)C)CC2)n1. The van der Waals surface area contributed by atoms with E-state index in [1.807, 2.05) is 6.07 Å². The third-order valence-electron chi connectivity index (χ3n) is 6.87. The average molecular weight is 531 g/mol. The van der Waals surface area contributed by atoms with Gasteiger partial charge in [-0.1, -0.05) is 6.07 Å². The van der Waals surface area contributed by atoms with Crippen molar-refractivity contribution in [3.8, 4) is 11.7 Å². The van der Waals surface area contributed by atoms with E-state index in [-0.39, 0.29) is 11.9 Å². The molecule has 4 heterocycles. The number of ether oxygens (including phenoxy) is 2. The van der Waals surface area contributed by atoms with Gasteiger partial charge in [0.1, 0.15) is 22.9 Å². The minimum Gasteiger partial charge on any atom is -0.494 e. The van der Waals surface area contributed by atoms with E-state index in [1.165, 1.54) is 11.7 Å². The van der Waals surface area contributed by atoms with Gasteiger partial charge in [-0.3, -0.25) is 14.3 Å². The number of likely N-dealkylation sites (N-methyl/N-ethyl adjacent to an activating group) is 1. The van der Waals surface area contributed by atoms with Crippen LogP contribution in [0.3, 0.4) is 0 Å². The van der Waals surface area contributed by atoms with Gasteiger partial charge in [-0.2, -0.15) is 9.97 Å². The Bertz CT molecular complexity index is 1290. The van der Waals surface area contributed by atoms with Crippen LogP contribution in [0.25, 0.3) is 17.0 Å². The summed E-state index contributed by atoms with van der Waals surface area (Å²) >= 11 is 0. The molecule has 2 fully saturated rings. The maximum atomic E-state index is 14.2. The van der Waals surface area contributed by atoms with Gasteiger partial charge in [0.2, 0.25) is 11.9 Å². The maximum Gasteiger partial charge on any atom is 0.296 e. The first-order valence-corrected chi connectivity index (χ1v) is 12.6. The van der Waals surface area contributed by atoms with Gasteiger partial charge in [-0.05, 0) is 12.1 Å². The van der Waals surface area contributed by atoms with E-state index < -0.39 is 12.2 Å². The third-order valence-corrected chi connectivity index (χ3v) is 6.87. The second-order valence-electron chi connectivity index (χ2n) is 9.47. The average Bonchev–Trinajstić information content (AvgIpc) is 3.34. The molecule has 2 saturated heterocycles. The molecule has 0 saturated carbocycles. The van der Waals surface area contributed by atoms with Gasteiger partial charge in [-0.25, -0.2) is 13.8 Å². The number of morpholine rings is 1. The van der Waals surface area contributed by atoms with Gasteiger partial charge in [-0.15, -0.1) is 0 Å². The van der Waals surface area contributed by atoms with Gasteiger partial charge in [0, 0.05) is 59.4 Å². The second-order valence-corrected chi connectivity index (χ2v) is 9.47. The Morgan fingerprint density at radius 1 is 1.03 bits per heavy atom. The highest BCUT2D eigenvalue weighted by Crippen LogP contribution is 2.33. The predicted molar refractivity (Wildman–Crippen MR) is 139 cm³/mol. The minimum atomic E-state index is -2.84. The quantitative estimate of drug-likeness (QED) is 0.454. The Hall–Kier alpha value is -3.58. The molecule has 11 nitrogen and oxygen atoms in total. The third kappa shape index (κ3) is 5.20. The number of rotatable bonds is 7. The minimum absolute atomic E-state index is 0.0549. The number of carbonyl (C=O) groups excluding carboxylic acids is 1. The fourth-order valence-electron chi connectivity index (χ4n) is 4.71. The predicted octanol–water partition coefficient (Wildman–Crippen LogP) is 1.81. The summed E-state index contributed by atoms with van der Waals surface area (Å²) in [6.45, 7) is 5.38. The van der Waals surface area contributed by atoms with Crippen molar-refractivity contribution < 1.29 is 23.0 Å². The van der Waals surface area contributed by atoms with E-state index in [0.29, 0.717) is 87.4 Å². The monoisotopic (exact) mass is 530 g/mol. The Morgan fingerprint density at radius 3 is 2.29 bits per heavy atom. The van der Waals surface area contributed by atoms with Crippen LogP contribution in [0, 0.1) is 0 Å². The van der Waals surface area contributed by atoms with E-state index in [1.54, 1.807) is 37.2 Å². The number of benzene rings is 1. The molecule has 13 heteroatoms. The van der Waals surface area contributed by atoms with Crippen molar-refractivity contribution in [2.75, 3.05) is 90.0 Å². The molecule has 204 valence electrons. The standard InChI is InChI=1S/C25H32F2N8O3/c1-31(2)21(36)16-32-7-9-33(10-8-32)19-15-20(34-11-13-38-14-12-34)29-25(28-19)35-17-5-4-6-18(37-3)22(17)30-24(35)23(26)27/h4-6,15,23H,7-14,16H2,1-3H3. The number of fused-ring (bicyclic) bond motifs is 1. The van der Waals surface area contributed by atoms with Gasteiger partial charge in [0.15, 0.2) is 5.82 Å². The largest absolute Gasteiger partial charge is 0.494 e. The summed E-state index contributed by atoms with van der Waals surface area (Å²) in [5.74, 6) is 1.42. The van der Waals surface area contributed by atoms with Crippen LogP contribution >= 0.6 is 0 Å². The smallest absolute Gasteiger partial charge is 0.296 e. The van der Waals surface area contributed by atoms with Crippen molar-refractivity contribution in [2.24, 2.45) is 0 Å². The van der Waals surface area contributed by atoms with E-state index in [0.717, 1.165) is 0 Å². The fourth-order valence-corrected chi connectivity index (χ4v) is 4.71. The number of alkyl halides is 2. The molecule has 0 spiro atoms. The first kappa shape index (κ1) is 26.0. The highest BCUT2D eigenvalue weighted by Gasteiger charge is 2.27. The molecule has 0 radical (unpaired) electrons. The first-order chi connectivity index (χ1) is 18.4. The van der Waals surface area contributed by atoms with Crippen molar-refractivity contribution in [1.29, 1.82) is 0 Å². The molecule has 0 unspecified atom stereocenters. The molecular formula is C25H32F2N8O3. The molecule has 0 aliphatic carbocycles. The van der Waals surface area contributed by atoms with Crippen LogP contribution < -0.4 is 14.5 Å². The van der Waals surface area contributed by atoms with Crippen LogP contribution in [0.2, 0.25) is 0 Å². The number of amides is 1. The highest BCUT2D eigenvalue weighted by molar-refractivity contribution is 5.84. The lowest BCUT2D eigenvalue weighted by Gasteiger charge is -2.36. The maximum absolute atomic E-state index is 14.2. The van der Waals surface area contributed by atoms with E-state index in [9.17, 15) is 13.6 Å². The zero-order valence-corrected chi connectivity index (χ0v) is 21.8. The van der Waals surface area contributed by atoms with Gasteiger partial charge >= 0.3 is 0 Å². The lowest BCUT2D eigenvalue weighted by molar-refractivity contribution is -0.129. The second kappa shape index (κ2) is 11.0. The number of imidazole rings is 1. The number of anilines is 2. The van der Waals surface area contributed by atoms with E-state index in [4.69, 9.17) is 19.4 Å². The number of hydrogen-bond acceptors (Lipinski definition) is 9. The Morgan fingerprint density at radius 2 is 1.68 bits per heavy atom. The molecule has 0 N–H and O–H groups in total. The van der Waals surface area contributed by atoms with Crippen molar-refractivity contribution in [3.05, 3.63) is 30.1 Å². The van der Waals surface area contributed by atoms with E-state index >= 15 is 0 Å². The number of methoxy groups -OCH3 is 1. The Balaban J connectivity index is 1.54. The lowest BCUT2D eigenvalue weighted by Crippen LogP contribution is -2.49. The van der Waals surface area contributed by atoms with Crippen LogP contribution in [0.4, 0.5) is 20.4 Å². The van der Waals surface area contributed by atoms with E-state index in [2.05, 4.69) is 19.7 Å². The summed E-state index contributed by atoms with van der Waals surface area (Å²) < 4.78 is 40.7. The van der Waals surface area contributed by atoms with Crippen LogP contribution in [-0.2, 0) is 9.53 Å². The molecule has 5 rings (SSSR count). The van der Waals surface area contributed by atoms with Crippen LogP contribution in [0.5, 0.6) is 5.75 Å². The lowest BCUT2D eigenvalue weighted by atomic mass is 10.3. The Kier molecular flexibility index (Phi) is 7.56. The van der Waals surface area contributed by atoms with Crippen molar-refractivity contribution in [3.63, 3.8) is 0 Å². The van der Waals surface area contributed by atoms with Crippen molar-refractivity contribution in [1.82, 2.24) is 29.3 Å². The molecular weight excluding hydrogens is 498 g/mol. The molecule has 0 bridgehead atoms. The summed E-state index contributed by atoms with van der Waals surface area (Å²) in [5.41, 5.74) is 0.767. The molecule has 2 aromatic heterocycles. The van der Waals surface area contributed by atoms with Crippen molar-refractivity contribution in [2.45, 2.75) is 6.43 Å². The molecule has 2 aliphatic heterocycles. The fraction of sp³-hybridized carbons (Fsp3) is 0.520.